The van der Waals surface area contributed by atoms with Gasteiger partial charge in [0.1, 0.15) is 0 Å². The number of sulfone groups is 1. The lowest BCUT2D eigenvalue weighted by atomic mass is 10.1. The molecule has 0 atom stereocenters. The van der Waals surface area contributed by atoms with E-state index in [1.165, 1.54) is 0 Å². The number of hydrogen-bond donors (Lipinski definition) is 2. The Morgan fingerprint density at radius 2 is 2.00 bits per heavy atom. The lowest BCUT2D eigenvalue weighted by Crippen LogP contribution is -1.99. The lowest BCUT2D eigenvalue weighted by molar-refractivity contribution is 0.603. The molecule has 7 heteroatoms. The third kappa shape index (κ3) is 2.14. The van der Waals surface area contributed by atoms with Crippen molar-refractivity contribution < 1.29 is 8.42 Å². The highest BCUT2D eigenvalue weighted by atomic mass is 32.2. The van der Waals surface area contributed by atoms with E-state index in [0.29, 0.717) is 15.4 Å². The molecule has 0 radical (unpaired) electrons. The summed E-state index contributed by atoms with van der Waals surface area (Å²) in [5, 5.41) is 12.1. The second-order valence-corrected chi connectivity index (χ2v) is 8.41. The van der Waals surface area contributed by atoms with Crippen LogP contribution in [0.15, 0.2) is 58.6 Å². The van der Waals surface area contributed by atoms with Crippen molar-refractivity contribution in [1.29, 1.82) is 0 Å². The van der Waals surface area contributed by atoms with E-state index in [9.17, 15) is 8.42 Å². The first-order valence-electron chi connectivity index (χ1n) is 8.09. The van der Waals surface area contributed by atoms with Crippen LogP contribution in [0.3, 0.4) is 0 Å². The Hall–Kier alpha value is -3.19. The number of aromatic nitrogens is 3. The number of anilines is 2. The molecule has 0 aliphatic carbocycles. The molecule has 5 rings (SSSR count). The quantitative estimate of drug-likeness (QED) is 0.563. The third-order valence-corrected chi connectivity index (χ3v) is 6.56. The molecule has 0 unspecified atom stereocenters. The number of aromatic amines is 1. The van der Waals surface area contributed by atoms with Crippen LogP contribution < -0.4 is 5.32 Å². The molecule has 0 spiro atoms. The second kappa shape index (κ2) is 5.15. The summed E-state index contributed by atoms with van der Waals surface area (Å²) in [6, 6.07) is 11.3. The number of hydrogen-bond acceptors (Lipinski definition) is 5. The molecule has 26 heavy (non-hydrogen) atoms. The predicted octanol–water partition coefficient (Wildman–Crippen LogP) is 4.00. The van der Waals surface area contributed by atoms with Gasteiger partial charge < -0.3 is 5.32 Å². The SMILES string of the molecule is CC1=Cc2cc3nccc(Nc4ccc5cn[nH]c5c4)c3cc2S1(=O)=O. The summed E-state index contributed by atoms with van der Waals surface area (Å²) in [6.45, 7) is 1.62. The van der Waals surface area contributed by atoms with Crippen molar-refractivity contribution >= 4 is 49.1 Å². The van der Waals surface area contributed by atoms with Crippen LogP contribution in [0, 0.1) is 0 Å². The summed E-state index contributed by atoms with van der Waals surface area (Å²) in [7, 11) is -3.39. The fraction of sp³-hybridized carbons (Fsp3) is 0.0526. The molecule has 0 saturated carbocycles. The normalized spacial score (nSPS) is 15.2. The molecule has 6 nitrogen and oxygen atoms in total. The van der Waals surface area contributed by atoms with E-state index in [0.717, 1.165) is 33.2 Å². The van der Waals surface area contributed by atoms with Gasteiger partial charge >= 0.3 is 0 Å². The van der Waals surface area contributed by atoms with Gasteiger partial charge in [0.15, 0.2) is 0 Å². The summed E-state index contributed by atoms with van der Waals surface area (Å²) in [5.74, 6) is 0. The van der Waals surface area contributed by atoms with E-state index in [1.807, 2.05) is 30.3 Å². The van der Waals surface area contributed by atoms with Crippen molar-refractivity contribution in [3.8, 4) is 0 Å². The van der Waals surface area contributed by atoms with E-state index in [4.69, 9.17) is 0 Å². The van der Waals surface area contributed by atoms with Crippen LogP contribution in [0.1, 0.15) is 12.5 Å². The van der Waals surface area contributed by atoms with Crippen LogP contribution in [-0.2, 0) is 9.84 Å². The minimum absolute atomic E-state index is 0.336. The molecule has 2 N–H and O–H groups in total. The van der Waals surface area contributed by atoms with Gasteiger partial charge in [0.25, 0.3) is 0 Å². The molecule has 4 aromatic rings. The molecular formula is C19H14N4O2S. The van der Waals surface area contributed by atoms with E-state index in [2.05, 4.69) is 20.5 Å². The van der Waals surface area contributed by atoms with Gasteiger partial charge in [0, 0.05) is 33.2 Å². The highest BCUT2D eigenvalue weighted by molar-refractivity contribution is 7.95. The standard InChI is InChI=1S/C19H14N4O2S/c1-11-6-13-7-18-15(9-19(13)26(11,24)25)16(4-5-20-18)22-14-3-2-12-10-21-23-17(12)8-14/h2-10H,1H3,(H,20,22)(H,21,23). The first-order chi connectivity index (χ1) is 12.5. The Balaban J connectivity index is 1.66. The van der Waals surface area contributed by atoms with Crippen molar-refractivity contribution in [1.82, 2.24) is 15.2 Å². The number of H-pyrrole nitrogens is 1. The average molecular weight is 362 g/mol. The minimum Gasteiger partial charge on any atom is -0.355 e. The third-order valence-electron chi connectivity index (χ3n) is 4.67. The Morgan fingerprint density at radius 3 is 2.88 bits per heavy atom. The Morgan fingerprint density at radius 1 is 1.12 bits per heavy atom. The zero-order chi connectivity index (χ0) is 17.9. The molecule has 3 heterocycles. The maximum atomic E-state index is 12.5. The van der Waals surface area contributed by atoms with Crippen LogP contribution in [0.5, 0.6) is 0 Å². The van der Waals surface area contributed by atoms with Crippen molar-refractivity contribution in [2.45, 2.75) is 11.8 Å². The molecule has 0 saturated heterocycles. The minimum atomic E-state index is -3.39. The number of allylic oxidation sites excluding steroid dienone is 1. The number of nitrogens with one attached hydrogen (secondary N) is 2. The highest BCUT2D eigenvalue weighted by Crippen LogP contribution is 2.37. The van der Waals surface area contributed by atoms with E-state index < -0.39 is 9.84 Å². The van der Waals surface area contributed by atoms with Crippen molar-refractivity contribution in [3.05, 3.63) is 59.3 Å². The van der Waals surface area contributed by atoms with Gasteiger partial charge in [-0.2, -0.15) is 5.10 Å². The van der Waals surface area contributed by atoms with Crippen molar-refractivity contribution in [2.75, 3.05) is 5.32 Å². The Bertz CT molecular complexity index is 1340. The van der Waals surface area contributed by atoms with Crippen molar-refractivity contribution in [3.63, 3.8) is 0 Å². The second-order valence-electron chi connectivity index (χ2n) is 6.32. The van der Waals surface area contributed by atoms with Gasteiger partial charge in [-0.05, 0) is 55.0 Å². The molecule has 0 fully saturated rings. The fourth-order valence-electron chi connectivity index (χ4n) is 3.28. The fourth-order valence-corrected chi connectivity index (χ4v) is 4.61. The molecule has 128 valence electrons. The summed E-state index contributed by atoms with van der Waals surface area (Å²) in [5.41, 5.74) is 4.05. The average Bonchev–Trinajstić information content (AvgIpc) is 3.16. The Labute approximate surface area is 149 Å². The molecule has 2 aromatic heterocycles. The highest BCUT2D eigenvalue weighted by Gasteiger charge is 2.27. The zero-order valence-electron chi connectivity index (χ0n) is 13.8. The lowest BCUT2D eigenvalue weighted by Gasteiger charge is -2.11. The summed E-state index contributed by atoms with van der Waals surface area (Å²) < 4.78 is 25.0. The molecule has 1 aliphatic heterocycles. The van der Waals surface area contributed by atoms with E-state index >= 15 is 0 Å². The summed E-state index contributed by atoms with van der Waals surface area (Å²) >= 11 is 0. The molecule has 0 amide bonds. The van der Waals surface area contributed by atoms with Gasteiger partial charge in [0.2, 0.25) is 9.84 Å². The number of rotatable bonds is 2. The predicted molar refractivity (Wildman–Crippen MR) is 102 cm³/mol. The number of nitrogens with zero attached hydrogens (tertiary/aromatic N) is 2. The zero-order valence-corrected chi connectivity index (χ0v) is 14.6. The molecular weight excluding hydrogens is 348 g/mol. The van der Waals surface area contributed by atoms with Crippen LogP contribution in [0.4, 0.5) is 11.4 Å². The molecule has 1 aliphatic rings. The molecule has 2 aromatic carbocycles. The summed E-state index contributed by atoms with van der Waals surface area (Å²) in [4.78, 5) is 5.09. The molecule has 0 bridgehead atoms. The maximum Gasteiger partial charge on any atom is 0.203 e. The van der Waals surface area contributed by atoms with Crippen LogP contribution in [-0.4, -0.2) is 23.6 Å². The first kappa shape index (κ1) is 15.1. The monoisotopic (exact) mass is 362 g/mol. The van der Waals surface area contributed by atoms with Crippen molar-refractivity contribution in [2.24, 2.45) is 0 Å². The van der Waals surface area contributed by atoms with Gasteiger partial charge in [-0.15, -0.1) is 0 Å². The number of fused-ring (bicyclic) bond motifs is 3. The van der Waals surface area contributed by atoms with Gasteiger partial charge in [-0.3, -0.25) is 10.1 Å². The summed E-state index contributed by atoms with van der Waals surface area (Å²) in [6.07, 6.45) is 5.17. The van der Waals surface area contributed by atoms with Gasteiger partial charge in [0.05, 0.1) is 22.1 Å². The largest absolute Gasteiger partial charge is 0.355 e. The smallest absolute Gasteiger partial charge is 0.203 e. The van der Waals surface area contributed by atoms with Crippen LogP contribution in [0.25, 0.3) is 27.9 Å². The maximum absolute atomic E-state index is 12.5. The van der Waals surface area contributed by atoms with E-state index in [-0.39, 0.29) is 0 Å². The van der Waals surface area contributed by atoms with Crippen LogP contribution in [0.2, 0.25) is 0 Å². The Kier molecular flexibility index (Phi) is 2.99. The number of pyridine rings is 1. The van der Waals surface area contributed by atoms with Gasteiger partial charge in [-0.25, -0.2) is 8.42 Å². The topological polar surface area (TPSA) is 87.7 Å². The van der Waals surface area contributed by atoms with E-state index in [1.54, 1.807) is 31.5 Å². The van der Waals surface area contributed by atoms with Crippen LogP contribution >= 0.6 is 0 Å². The van der Waals surface area contributed by atoms with Gasteiger partial charge in [-0.1, -0.05) is 0 Å². The first-order valence-corrected chi connectivity index (χ1v) is 9.57. The number of benzene rings is 2.